The van der Waals surface area contributed by atoms with Crippen LogP contribution in [0.3, 0.4) is 0 Å². The first kappa shape index (κ1) is 23.0. The van der Waals surface area contributed by atoms with Gasteiger partial charge in [0.2, 0.25) is 11.6 Å². The van der Waals surface area contributed by atoms with Gasteiger partial charge in [-0.2, -0.15) is 0 Å². The normalized spacial score (nSPS) is 13.5. The number of para-hydroxylation sites is 1. The number of anilines is 4. The Morgan fingerprint density at radius 2 is 1.74 bits per heavy atom. The van der Waals surface area contributed by atoms with Gasteiger partial charge in [0.1, 0.15) is 6.33 Å². The fraction of sp³-hybridized carbons (Fsp3) is 0.292. The molecule has 34 heavy (non-hydrogen) atoms. The van der Waals surface area contributed by atoms with Crippen LogP contribution in [0, 0.1) is 24.0 Å². The summed E-state index contributed by atoms with van der Waals surface area (Å²) >= 11 is 0. The zero-order valence-corrected chi connectivity index (χ0v) is 19.3. The summed E-state index contributed by atoms with van der Waals surface area (Å²) in [6.45, 7) is 6.76. The smallest absolute Gasteiger partial charge is 0.353 e. The van der Waals surface area contributed by atoms with E-state index in [1.54, 1.807) is 24.3 Å². The molecule has 1 N–H and O–H groups in total. The van der Waals surface area contributed by atoms with Crippen molar-refractivity contribution in [3.8, 4) is 0 Å². The molecule has 0 atom stereocenters. The van der Waals surface area contributed by atoms with Crippen molar-refractivity contribution >= 4 is 34.7 Å². The Balaban J connectivity index is 1.60. The maximum atomic E-state index is 12.1. The van der Waals surface area contributed by atoms with Gasteiger partial charge >= 0.3 is 11.7 Å². The van der Waals surface area contributed by atoms with Gasteiger partial charge in [0, 0.05) is 31.9 Å². The van der Waals surface area contributed by atoms with Gasteiger partial charge < -0.3 is 19.9 Å². The van der Waals surface area contributed by atoms with Crippen LogP contribution in [0.25, 0.3) is 0 Å². The predicted molar refractivity (Wildman–Crippen MR) is 130 cm³/mol. The summed E-state index contributed by atoms with van der Waals surface area (Å²) in [5.41, 5.74) is 4.03. The van der Waals surface area contributed by atoms with Crippen LogP contribution in [0.2, 0.25) is 0 Å². The molecule has 0 aliphatic carbocycles. The number of piperazine rings is 1. The first-order valence-electron chi connectivity index (χ1n) is 10.9. The monoisotopic (exact) mass is 462 g/mol. The van der Waals surface area contributed by atoms with Gasteiger partial charge in [-0.25, -0.2) is 14.8 Å². The first-order valence-corrected chi connectivity index (χ1v) is 10.9. The van der Waals surface area contributed by atoms with E-state index in [9.17, 15) is 14.9 Å². The number of hydrogen-bond acceptors (Lipinski definition) is 9. The SMILES string of the molecule is COC(=O)c1ccccc1Nc1ncnc(N2CCN(c3cccc(C)c3C)CC2)c1[N+](=O)[O-]. The quantitative estimate of drug-likeness (QED) is 0.331. The van der Waals surface area contributed by atoms with E-state index >= 15 is 0 Å². The standard InChI is InChI=1S/C24H26N6O4/c1-16-7-6-10-20(17(16)2)28-11-13-29(14-12-28)23-21(30(32)33)22(25-15-26-23)27-19-9-5-4-8-18(19)24(31)34-3/h4-10,15H,11-14H2,1-3H3,(H,25,26,27). The largest absolute Gasteiger partial charge is 0.465 e. The number of carbonyl (C=O) groups is 1. The van der Waals surface area contributed by atoms with Crippen LogP contribution in [-0.2, 0) is 4.74 Å². The molecule has 0 unspecified atom stereocenters. The minimum atomic E-state index is -0.553. The van der Waals surface area contributed by atoms with Crippen molar-refractivity contribution in [1.82, 2.24) is 9.97 Å². The lowest BCUT2D eigenvalue weighted by molar-refractivity contribution is -0.383. The van der Waals surface area contributed by atoms with Gasteiger partial charge in [-0.3, -0.25) is 10.1 Å². The highest BCUT2D eigenvalue weighted by Gasteiger charge is 2.30. The topological polar surface area (TPSA) is 114 Å². The second-order valence-corrected chi connectivity index (χ2v) is 8.01. The molecule has 0 spiro atoms. The summed E-state index contributed by atoms with van der Waals surface area (Å²) in [6.07, 6.45) is 1.29. The maximum absolute atomic E-state index is 12.1. The van der Waals surface area contributed by atoms with Gasteiger partial charge in [0.05, 0.1) is 23.3 Å². The summed E-state index contributed by atoms with van der Waals surface area (Å²) in [5, 5.41) is 15.0. The Labute approximate surface area is 197 Å². The number of benzene rings is 2. The number of aromatic nitrogens is 2. The molecule has 1 saturated heterocycles. The molecule has 4 rings (SSSR count). The third kappa shape index (κ3) is 4.47. The minimum absolute atomic E-state index is 0.0170. The van der Waals surface area contributed by atoms with Crippen molar-refractivity contribution in [3.05, 3.63) is 75.6 Å². The summed E-state index contributed by atoms with van der Waals surface area (Å²) in [5.74, 6) is -0.287. The molecule has 0 saturated carbocycles. The van der Waals surface area contributed by atoms with Crippen molar-refractivity contribution in [2.45, 2.75) is 13.8 Å². The Kier molecular flexibility index (Phi) is 6.58. The molecular weight excluding hydrogens is 436 g/mol. The molecule has 1 fully saturated rings. The summed E-state index contributed by atoms with van der Waals surface area (Å²) in [7, 11) is 1.28. The van der Waals surface area contributed by atoms with E-state index in [1.807, 2.05) is 11.0 Å². The lowest BCUT2D eigenvalue weighted by Gasteiger charge is -2.37. The lowest BCUT2D eigenvalue weighted by atomic mass is 10.1. The molecule has 0 radical (unpaired) electrons. The zero-order chi connectivity index (χ0) is 24.2. The lowest BCUT2D eigenvalue weighted by Crippen LogP contribution is -2.47. The van der Waals surface area contributed by atoms with Crippen LogP contribution in [0.4, 0.5) is 28.7 Å². The number of esters is 1. The molecule has 10 nitrogen and oxygen atoms in total. The van der Waals surface area contributed by atoms with Gasteiger partial charge in [0.25, 0.3) is 0 Å². The molecule has 1 aromatic heterocycles. The van der Waals surface area contributed by atoms with E-state index in [-0.39, 0.29) is 22.9 Å². The van der Waals surface area contributed by atoms with Gasteiger partial charge in [0.15, 0.2) is 0 Å². The van der Waals surface area contributed by atoms with E-state index in [2.05, 4.69) is 46.2 Å². The minimum Gasteiger partial charge on any atom is -0.465 e. The Morgan fingerprint density at radius 3 is 2.44 bits per heavy atom. The number of methoxy groups -OCH3 is 1. The highest BCUT2D eigenvalue weighted by molar-refractivity contribution is 5.96. The average molecular weight is 463 g/mol. The van der Waals surface area contributed by atoms with Crippen molar-refractivity contribution in [1.29, 1.82) is 0 Å². The maximum Gasteiger partial charge on any atom is 0.353 e. The zero-order valence-electron chi connectivity index (χ0n) is 19.3. The Hall–Kier alpha value is -4.21. The van der Waals surface area contributed by atoms with Crippen molar-refractivity contribution in [2.75, 3.05) is 48.4 Å². The van der Waals surface area contributed by atoms with Crippen LogP contribution < -0.4 is 15.1 Å². The third-order valence-electron chi connectivity index (χ3n) is 6.07. The number of hydrogen-bond donors (Lipinski definition) is 1. The third-order valence-corrected chi connectivity index (χ3v) is 6.07. The Bertz CT molecular complexity index is 1220. The van der Waals surface area contributed by atoms with Gasteiger partial charge in [-0.15, -0.1) is 0 Å². The Morgan fingerprint density at radius 1 is 1.03 bits per heavy atom. The van der Waals surface area contributed by atoms with E-state index in [0.29, 0.717) is 31.9 Å². The fourth-order valence-electron chi connectivity index (χ4n) is 4.11. The second kappa shape index (κ2) is 9.74. The molecule has 0 bridgehead atoms. The molecule has 1 aliphatic rings. The number of rotatable bonds is 6. The second-order valence-electron chi connectivity index (χ2n) is 8.01. The number of ether oxygens (including phenoxy) is 1. The molecule has 0 amide bonds. The van der Waals surface area contributed by atoms with Crippen LogP contribution in [0.5, 0.6) is 0 Å². The van der Waals surface area contributed by atoms with E-state index in [1.165, 1.54) is 30.3 Å². The number of carbonyl (C=O) groups excluding carboxylic acids is 1. The molecule has 10 heteroatoms. The molecule has 176 valence electrons. The van der Waals surface area contributed by atoms with E-state index in [0.717, 1.165) is 0 Å². The highest BCUT2D eigenvalue weighted by Crippen LogP contribution is 2.35. The van der Waals surface area contributed by atoms with E-state index in [4.69, 9.17) is 4.74 Å². The van der Waals surface area contributed by atoms with Crippen molar-refractivity contribution in [2.24, 2.45) is 0 Å². The number of nitrogens with one attached hydrogen (secondary N) is 1. The molecule has 2 aromatic carbocycles. The number of nitrogens with zero attached hydrogens (tertiary/aromatic N) is 5. The number of nitro groups is 1. The fourth-order valence-corrected chi connectivity index (χ4v) is 4.11. The molecular formula is C24H26N6O4. The molecule has 1 aliphatic heterocycles. The van der Waals surface area contributed by atoms with Crippen molar-refractivity contribution in [3.63, 3.8) is 0 Å². The van der Waals surface area contributed by atoms with Gasteiger partial charge in [-0.05, 0) is 43.2 Å². The van der Waals surface area contributed by atoms with Crippen LogP contribution >= 0.6 is 0 Å². The summed E-state index contributed by atoms with van der Waals surface area (Å²) in [4.78, 5) is 36.2. The van der Waals surface area contributed by atoms with Crippen LogP contribution in [0.15, 0.2) is 48.8 Å². The van der Waals surface area contributed by atoms with Gasteiger partial charge in [-0.1, -0.05) is 24.3 Å². The van der Waals surface area contributed by atoms with E-state index < -0.39 is 10.9 Å². The van der Waals surface area contributed by atoms with Crippen LogP contribution in [0.1, 0.15) is 21.5 Å². The summed E-state index contributed by atoms with van der Waals surface area (Å²) in [6, 6.07) is 12.9. The van der Waals surface area contributed by atoms with Crippen LogP contribution in [-0.4, -0.2) is 54.1 Å². The average Bonchev–Trinajstić information content (AvgIpc) is 2.85. The highest BCUT2D eigenvalue weighted by atomic mass is 16.6. The molecule has 2 heterocycles. The molecule has 3 aromatic rings. The number of aryl methyl sites for hydroxylation is 1. The predicted octanol–water partition coefficient (Wildman–Crippen LogP) is 3.86. The van der Waals surface area contributed by atoms with Crippen molar-refractivity contribution < 1.29 is 14.5 Å². The first-order chi connectivity index (χ1) is 16.4. The summed E-state index contributed by atoms with van der Waals surface area (Å²) < 4.78 is 4.82.